The summed E-state index contributed by atoms with van der Waals surface area (Å²) in [7, 11) is 0. The molecule has 0 atom stereocenters. The molecule has 0 saturated carbocycles. The second kappa shape index (κ2) is 22.1. The van der Waals surface area contributed by atoms with Gasteiger partial charge in [-0.1, -0.05) is 70.6 Å². The lowest BCUT2D eigenvalue weighted by Crippen LogP contribution is -1.93. The van der Waals surface area contributed by atoms with Crippen LogP contribution in [0.5, 0.6) is 0 Å². The maximum Gasteiger partial charge on any atom is 0.0945 e. The van der Waals surface area contributed by atoms with Crippen molar-refractivity contribution < 1.29 is 0 Å². The minimum absolute atomic E-state index is 1.14. The molecule has 1 aromatic heterocycles. The van der Waals surface area contributed by atoms with Crippen LogP contribution in [-0.4, -0.2) is 9.55 Å². The lowest BCUT2D eigenvalue weighted by molar-refractivity contribution is 0.534. The number of imidazole rings is 1. The van der Waals surface area contributed by atoms with E-state index in [1.54, 1.807) is 6.92 Å². The molecule has 28 heavy (non-hydrogen) atoms. The van der Waals surface area contributed by atoms with Gasteiger partial charge in [0.2, 0.25) is 0 Å². The average molecular weight is 373 g/mol. The van der Waals surface area contributed by atoms with E-state index in [0.29, 0.717) is 0 Å². The van der Waals surface area contributed by atoms with Crippen LogP contribution in [0.15, 0.2) is 18.7 Å². The van der Waals surface area contributed by atoms with Crippen LogP contribution in [0.2, 0.25) is 0 Å². The number of unbranched alkanes of at least 4 members (excludes halogenated alkanes) is 9. The van der Waals surface area contributed by atoms with Crippen LogP contribution in [-0.2, 0) is 6.54 Å². The molecule has 2 nitrogen and oxygen atoms in total. The van der Waals surface area contributed by atoms with Crippen molar-refractivity contribution in [2.24, 2.45) is 0 Å². The van der Waals surface area contributed by atoms with Gasteiger partial charge >= 0.3 is 0 Å². The summed E-state index contributed by atoms with van der Waals surface area (Å²) < 4.78 is 2.17. The summed E-state index contributed by atoms with van der Waals surface area (Å²) in [6.07, 6.45) is 24.7. The van der Waals surface area contributed by atoms with E-state index in [0.717, 1.165) is 6.54 Å². The van der Waals surface area contributed by atoms with Crippen LogP contribution < -0.4 is 0 Å². The normalized spacial score (nSPS) is 8.04. The zero-order valence-electron chi connectivity index (χ0n) is 17.5. The summed E-state index contributed by atoms with van der Waals surface area (Å²) in [5.74, 6) is 22.0. The van der Waals surface area contributed by atoms with Gasteiger partial charge in [-0.25, -0.2) is 4.98 Å². The molecule has 0 bridgehead atoms. The minimum Gasteiger partial charge on any atom is -0.337 e. The van der Waals surface area contributed by atoms with Crippen LogP contribution in [0.25, 0.3) is 0 Å². The minimum atomic E-state index is 1.14. The molecule has 146 valence electrons. The average Bonchev–Trinajstić information content (AvgIpc) is 3.23. The van der Waals surface area contributed by atoms with Gasteiger partial charge in [-0.2, -0.15) is 0 Å². The predicted octanol–water partition coefficient (Wildman–Crippen LogP) is 5.46. The van der Waals surface area contributed by atoms with Gasteiger partial charge in [-0.3, -0.25) is 0 Å². The first kappa shape index (κ1) is 25.0. The van der Waals surface area contributed by atoms with Crippen LogP contribution >= 0.6 is 0 Å². The van der Waals surface area contributed by atoms with Crippen molar-refractivity contribution in [3.63, 3.8) is 0 Å². The molecule has 1 heterocycles. The highest BCUT2D eigenvalue weighted by atomic mass is 15.0. The van der Waals surface area contributed by atoms with Crippen LogP contribution in [0, 0.1) is 59.7 Å². The number of aryl methyl sites for hydroxylation is 1. The van der Waals surface area contributed by atoms with Crippen LogP contribution in [0.4, 0.5) is 0 Å². The summed E-state index contributed by atoms with van der Waals surface area (Å²) in [6, 6.07) is 0. The molecule has 0 spiro atoms. The Kier molecular flexibility index (Phi) is 19.7. The second-order valence-corrected chi connectivity index (χ2v) is 6.25. The van der Waals surface area contributed by atoms with Gasteiger partial charge in [0.25, 0.3) is 0 Å². The highest BCUT2D eigenvalue weighted by Gasteiger charge is 1.93. The number of nitrogens with zero attached hydrogens (tertiary/aromatic N) is 2. The van der Waals surface area contributed by atoms with E-state index < -0.39 is 0 Å². The third-order valence-corrected chi connectivity index (χ3v) is 3.90. The number of hydrogen-bond acceptors (Lipinski definition) is 1. The van der Waals surface area contributed by atoms with Gasteiger partial charge in [0, 0.05) is 18.9 Å². The maximum absolute atomic E-state index is 4.84. The fourth-order valence-corrected chi connectivity index (χ4v) is 2.46. The number of terminal acetylenes is 1. The molecule has 0 unspecified atom stereocenters. The Morgan fingerprint density at radius 1 is 0.750 bits per heavy atom. The smallest absolute Gasteiger partial charge is 0.0945 e. The van der Waals surface area contributed by atoms with Gasteiger partial charge in [-0.05, 0) is 60.7 Å². The first-order valence-electron chi connectivity index (χ1n) is 10.2. The predicted molar refractivity (Wildman–Crippen MR) is 120 cm³/mol. The van der Waals surface area contributed by atoms with Crippen LogP contribution in [0.1, 0.15) is 78.1 Å². The molecule has 2 heteroatoms. The van der Waals surface area contributed by atoms with Gasteiger partial charge in [0.05, 0.1) is 6.33 Å². The highest BCUT2D eigenvalue weighted by molar-refractivity contribution is 5.41. The van der Waals surface area contributed by atoms with E-state index in [2.05, 4.69) is 69.8 Å². The highest BCUT2D eigenvalue weighted by Crippen LogP contribution is 2.10. The molecule has 0 amide bonds. The van der Waals surface area contributed by atoms with E-state index in [4.69, 9.17) is 6.42 Å². The molecule has 0 fully saturated rings. The van der Waals surface area contributed by atoms with Gasteiger partial charge in [0.1, 0.15) is 0 Å². The molecule has 0 saturated heterocycles. The second-order valence-electron chi connectivity index (χ2n) is 6.25. The molecule has 0 aliphatic rings. The van der Waals surface area contributed by atoms with Crippen molar-refractivity contribution in [1.82, 2.24) is 9.55 Å². The van der Waals surface area contributed by atoms with Crippen molar-refractivity contribution in [1.29, 1.82) is 0 Å². The number of hydrogen-bond donors (Lipinski definition) is 0. The van der Waals surface area contributed by atoms with Crippen molar-refractivity contribution in [2.45, 2.75) is 84.6 Å². The van der Waals surface area contributed by atoms with E-state index >= 15 is 0 Å². The standard InChI is InChI=1S/C15H28N2.C11H4/c1-2-3-4-5-6-7-8-9-10-11-13-17-14-12-16-15-17;1-3-5-7-9-11-10-8-6-4-2/h12,14-15H,2-11,13H2,1H3;1H,2H3. The van der Waals surface area contributed by atoms with Gasteiger partial charge in [-0.15, -0.1) is 6.42 Å². The van der Waals surface area contributed by atoms with Crippen molar-refractivity contribution in [3.8, 4) is 59.7 Å². The third-order valence-electron chi connectivity index (χ3n) is 3.90. The van der Waals surface area contributed by atoms with Gasteiger partial charge < -0.3 is 4.57 Å². The Morgan fingerprint density at radius 3 is 1.79 bits per heavy atom. The molecule has 0 N–H and O–H groups in total. The third kappa shape index (κ3) is 19.3. The zero-order valence-corrected chi connectivity index (χ0v) is 17.5. The van der Waals surface area contributed by atoms with E-state index in [1.165, 1.54) is 64.2 Å². The fraction of sp³-hybridized carbons (Fsp3) is 0.500. The monoisotopic (exact) mass is 372 g/mol. The summed E-state index contributed by atoms with van der Waals surface area (Å²) >= 11 is 0. The molecular formula is C26H32N2. The Labute approximate surface area is 172 Å². The van der Waals surface area contributed by atoms with Crippen LogP contribution in [0.3, 0.4) is 0 Å². The first-order valence-corrected chi connectivity index (χ1v) is 10.2. The van der Waals surface area contributed by atoms with E-state index in [1.807, 2.05) is 18.7 Å². The molecule has 1 rings (SSSR count). The van der Waals surface area contributed by atoms with Crippen molar-refractivity contribution in [2.75, 3.05) is 0 Å². The quantitative estimate of drug-likeness (QED) is 0.373. The summed E-state index contributed by atoms with van der Waals surface area (Å²) in [6.45, 7) is 5.12. The lowest BCUT2D eigenvalue weighted by atomic mass is 10.1. The summed E-state index contributed by atoms with van der Waals surface area (Å²) in [5.41, 5.74) is 0. The molecular weight excluding hydrogens is 340 g/mol. The Hall–Kier alpha value is -2.99. The molecule has 0 radical (unpaired) electrons. The zero-order chi connectivity index (χ0) is 20.5. The summed E-state index contributed by atoms with van der Waals surface area (Å²) in [4.78, 5) is 4.05. The fourth-order valence-electron chi connectivity index (χ4n) is 2.46. The Bertz CT molecular complexity index is 763. The Balaban J connectivity index is 0.000000576. The topological polar surface area (TPSA) is 17.8 Å². The molecule has 1 aromatic rings. The number of aromatic nitrogens is 2. The molecule has 0 aliphatic carbocycles. The molecule has 0 aromatic carbocycles. The first-order chi connectivity index (χ1) is 13.8. The van der Waals surface area contributed by atoms with E-state index in [-0.39, 0.29) is 0 Å². The Morgan fingerprint density at radius 2 is 1.29 bits per heavy atom. The largest absolute Gasteiger partial charge is 0.337 e. The molecule has 0 aliphatic heterocycles. The van der Waals surface area contributed by atoms with E-state index in [9.17, 15) is 0 Å². The SMILES string of the molecule is C#CC#CC#CC#CC#CC.CCCCCCCCCCCCn1ccnc1. The van der Waals surface area contributed by atoms with Gasteiger partial charge in [0.15, 0.2) is 0 Å². The van der Waals surface area contributed by atoms with Crippen molar-refractivity contribution in [3.05, 3.63) is 18.7 Å². The number of rotatable bonds is 11. The lowest BCUT2D eigenvalue weighted by Gasteiger charge is -2.03. The maximum atomic E-state index is 4.84. The summed E-state index contributed by atoms with van der Waals surface area (Å²) in [5, 5.41) is 0. The van der Waals surface area contributed by atoms with Crippen molar-refractivity contribution >= 4 is 0 Å².